The van der Waals surface area contributed by atoms with Crippen LogP contribution in [-0.4, -0.2) is 33.9 Å². The van der Waals surface area contributed by atoms with E-state index in [4.69, 9.17) is 5.11 Å². The summed E-state index contributed by atoms with van der Waals surface area (Å²) in [5, 5.41) is 12.5. The average Bonchev–Trinajstić information content (AvgIpc) is 2.55. The van der Waals surface area contributed by atoms with Crippen LogP contribution in [0.3, 0.4) is 0 Å². The second-order valence-electron chi connectivity index (χ2n) is 4.40. The second-order valence-corrected chi connectivity index (χ2v) is 4.40. The maximum absolute atomic E-state index is 9.12. The van der Waals surface area contributed by atoms with Gasteiger partial charge in [-0.2, -0.15) is 0 Å². The molecule has 1 fully saturated rings. The molecule has 15 heavy (non-hydrogen) atoms. The standard InChI is InChI=1S/C11H19N3O/c1-14-5-4-13-11(14)2-3-12-8-9-6-10(15)7-9/h4-5,9-10,12,15H,2-3,6-8H2,1H3. The molecule has 4 heteroatoms. The third-order valence-corrected chi connectivity index (χ3v) is 3.09. The monoisotopic (exact) mass is 209 g/mol. The van der Waals surface area contributed by atoms with Crippen molar-refractivity contribution in [2.75, 3.05) is 13.1 Å². The van der Waals surface area contributed by atoms with Crippen molar-refractivity contribution in [3.8, 4) is 0 Å². The molecule has 4 nitrogen and oxygen atoms in total. The Morgan fingerprint density at radius 2 is 2.40 bits per heavy atom. The van der Waals surface area contributed by atoms with E-state index in [1.165, 1.54) is 0 Å². The maximum Gasteiger partial charge on any atom is 0.109 e. The van der Waals surface area contributed by atoms with Crippen LogP contribution in [0.25, 0.3) is 0 Å². The van der Waals surface area contributed by atoms with Crippen LogP contribution in [0.2, 0.25) is 0 Å². The van der Waals surface area contributed by atoms with Gasteiger partial charge in [0.25, 0.3) is 0 Å². The Bertz CT molecular complexity index is 305. The van der Waals surface area contributed by atoms with Gasteiger partial charge in [0.05, 0.1) is 6.10 Å². The molecule has 2 rings (SSSR count). The molecule has 2 N–H and O–H groups in total. The summed E-state index contributed by atoms with van der Waals surface area (Å²) in [6, 6.07) is 0. The highest BCUT2D eigenvalue weighted by Crippen LogP contribution is 2.25. The minimum Gasteiger partial charge on any atom is -0.393 e. The van der Waals surface area contributed by atoms with Crippen LogP contribution in [-0.2, 0) is 13.5 Å². The fourth-order valence-corrected chi connectivity index (χ4v) is 2.01. The van der Waals surface area contributed by atoms with E-state index >= 15 is 0 Å². The van der Waals surface area contributed by atoms with Gasteiger partial charge in [-0.15, -0.1) is 0 Å². The number of aliphatic hydroxyl groups is 1. The van der Waals surface area contributed by atoms with Crippen molar-refractivity contribution < 1.29 is 5.11 Å². The molecule has 0 unspecified atom stereocenters. The first-order valence-electron chi connectivity index (χ1n) is 5.60. The first-order valence-corrected chi connectivity index (χ1v) is 5.60. The van der Waals surface area contributed by atoms with Gasteiger partial charge in [0, 0.05) is 32.4 Å². The van der Waals surface area contributed by atoms with Crippen molar-refractivity contribution in [1.29, 1.82) is 0 Å². The van der Waals surface area contributed by atoms with Crippen molar-refractivity contribution in [1.82, 2.24) is 14.9 Å². The Labute approximate surface area is 90.3 Å². The lowest BCUT2D eigenvalue weighted by Gasteiger charge is -2.31. The molecule has 0 radical (unpaired) electrons. The van der Waals surface area contributed by atoms with E-state index in [0.29, 0.717) is 5.92 Å². The zero-order valence-corrected chi connectivity index (χ0v) is 9.19. The Morgan fingerprint density at radius 1 is 1.60 bits per heavy atom. The number of aromatic nitrogens is 2. The molecule has 0 bridgehead atoms. The van der Waals surface area contributed by atoms with Crippen LogP contribution in [0, 0.1) is 5.92 Å². The summed E-state index contributed by atoms with van der Waals surface area (Å²) in [7, 11) is 2.02. The molecule has 1 heterocycles. The Hall–Kier alpha value is -0.870. The van der Waals surface area contributed by atoms with Crippen molar-refractivity contribution in [2.45, 2.75) is 25.4 Å². The van der Waals surface area contributed by atoms with E-state index in [-0.39, 0.29) is 6.10 Å². The summed E-state index contributed by atoms with van der Waals surface area (Å²) in [5.41, 5.74) is 0. The topological polar surface area (TPSA) is 50.1 Å². The Morgan fingerprint density at radius 3 is 3.00 bits per heavy atom. The number of hydrogen-bond donors (Lipinski definition) is 2. The first-order chi connectivity index (χ1) is 7.25. The van der Waals surface area contributed by atoms with Crippen molar-refractivity contribution in [3.63, 3.8) is 0 Å². The number of hydrogen-bond acceptors (Lipinski definition) is 3. The SMILES string of the molecule is Cn1ccnc1CCNCC1CC(O)C1. The third-order valence-electron chi connectivity index (χ3n) is 3.09. The number of aryl methyl sites for hydroxylation is 1. The van der Waals surface area contributed by atoms with Gasteiger partial charge in [-0.1, -0.05) is 0 Å². The van der Waals surface area contributed by atoms with Gasteiger partial charge >= 0.3 is 0 Å². The number of nitrogens with one attached hydrogen (secondary N) is 1. The van der Waals surface area contributed by atoms with Gasteiger partial charge in [-0.05, 0) is 25.3 Å². The van der Waals surface area contributed by atoms with Gasteiger partial charge in [0.2, 0.25) is 0 Å². The molecule has 0 amide bonds. The normalized spacial score (nSPS) is 25.2. The van der Waals surface area contributed by atoms with Crippen LogP contribution in [0.4, 0.5) is 0 Å². The fraction of sp³-hybridized carbons (Fsp3) is 0.727. The summed E-state index contributed by atoms with van der Waals surface area (Å²) in [6.07, 6.45) is 6.67. The van der Waals surface area contributed by atoms with E-state index in [9.17, 15) is 0 Å². The maximum atomic E-state index is 9.12. The lowest BCUT2D eigenvalue weighted by atomic mass is 9.82. The molecule has 1 aliphatic carbocycles. The number of rotatable bonds is 5. The Balaban J connectivity index is 1.58. The molecule has 0 atom stereocenters. The predicted molar refractivity (Wildman–Crippen MR) is 58.5 cm³/mol. The lowest BCUT2D eigenvalue weighted by Crippen LogP contribution is -2.36. The van der Waals surface area contributed by atoms with E-state index < -0.39 is 0 Å². The Kier molecular flexibility index (Phi) is 3.38. The van der Waals surface area contributed by atoms with Gasteiger partial charge < -0.3 is 15.0 Å². The number of imidazole rings is 1. The smallest absolute Gasteiger partial charge is 0.109 e. The molecule has 0 aliphatic heterocycles. The summed E-state index contributed by atoms with van der Waals surface area (Å²) in [4.78, 5) is 4.26. The van der Waals surface area contributed by atoms with Gasteiger partial charge in [0.15, 0.2) is 0 Å². The number of aliphatic hydroxyl groups excluding tert-OH is 1. The number of nitrogens with zero attached hydrogens (tertiary/aromatic N) is 2. The van der Waals surface area contributed by atoms with Crippen LogP contribution < -0.4 is 5.32 Å². The highest BCUT2D eigenvalue weighted by Gasteiger charge is 2.26. The van der Waals surface area contributed by atoms with E-state index in [2.05, 4.69) is 14.9 Å². The average molecular weight is 209 g/mol. The third kappa shape index (κ3) is 2.79. The van der Waals surface area contributed by atoms with Gasteiger partial charge in [0.1, 0.15) is 5.82 Å². The minimum atomic E-state index is -0.0358. The first kappa shape index (κ1) is 10.6. The molecule has 1 saturated carbocycles. The van der Waals surface area contributed by atoms with Gasteiger partial charge in [-0.25, -0.2) is 4.98 Å². The molecule has 84 valence electrons. The molecule has 1 aliphatic rings. The second kappa shape index (κ2) is 4.77. The quantitative estimate of drug-likeness (QED) is 0.687. The van der Waals surface area contributed by atoms with E-state index in [0.717, 1.165) is 38.2 Å². The lowest BCUT2D eigenvalue weighted by molar-refractivity contribution is 0.0432. The predicted octanol–water partition coefficient (Wildman–Crippen LogP) is 0.323. The van der Waals surface area contributed by atoms with E-state index in [1.54, 1.807) is 0 Å². The summed E-state index contributed by atoms with van der Waals surface area (Å²) in [6.45, 7) is 2.00. The molecule has 1 aromatic rings. The van der Waals surface area contributed by atoms with Crippen LogP contribution in [0.1, 0.15) is 18.7 Å². The molecule has 0 aromatic carbocycles. The van der Waals surface area contributed by atoms with Crippen LogP contribution in [0.5, 0.6) is 0 Å². The van der Waals surface area contributed by atoms with E-state index in [1.807, 2.05) is 19.4 Å². The molecular formula is C11H19N3O. The molecule has 1 aromatic heterocycles. The van der Waals surface area contributed by atoms with Gasteiger partial charge in [-0.3, -0.25) is 0 Å². The molecule has 0 saturated heterocycles. The zero-order valence-electron chi connectivity index (χ0n) is 9.19. The van der Waals surface area contributed by atoms with Crippen LogP contribution >= 0.6 is 0 Å². The molecular weight excluding hydrogens is 190 g/mol. The molecule has 0 spiro atoms. The van der Waals surface area contributed by atoms with Crippen molar-refractivity contribution in [2.24, 2.45) is 13.0 Å². The van der Waals surface area contributed by atoms with Crippen LogP contribution in [0.15, 0.2) is 12.4 Å². The van der Waals surface area contributed by atoms with Crippen molar-refractivity contribution >= 4 is 0 Å². The summed E-state index contributed by atoms with van der Waals surface area (Å²) < 4.78 is 2.05. The highest BCUT2D eigenvalue weighted by molar-refractivity contribution is 4.91. The fourth-order valence-electron chi connectivity index (χ4n) is 2.01. The zero-order chi connectivity index (χ0) is 10.7. The largest absolute Gasteiger partial charge is 0.393 e. The summed E-state index contributed by atoms with van der Waals surface area (Å²) >= 11 is 0. The highest BCUT2D eigenvalue weighted by atomic mass is 16.3. The van der Waals surface area contributed by atoms with Crippen molar-refractivity contribution in [3.05, 3.63) is 18.2 Å². The minimum absolute atomic E-state index is 0.0358. The summed E-state index contributed by atoms with van der Waals surface area (Å²) in [5.74, 6) is 1.80.